The largest absolute Gasteiger partial charge is 0.325 e. The highest BCUT2D eigenvalue weighted by molar-refractivity contribution is 9.10. The summed E-state index contributed by atoms with van der Waals surface area (Å²) in [4.78, 5) is 16.4. The molecule has 5 nitrogen and oxygen atoms in total. The van der Waals surface area contributed by atoms with Crippen LogP contribution in [0.15, 0.2) is 40.9 Å². The van der Waals surface area contributed by atoms with E-state index < -0.39 is 27.7 Å². The maximum absolute atomic E-state index is 14.4. The molecule has 2 amide bonds. The van der Waals surface area contributed by atoms with E-state index in [9.17, 15) is 17.6 Å². The summed E-state index contributed by atoms with van der Waals surface area (Å²) in [7, 11) is -3.27. The highest BCUT2D eigenvalue weighted by Crippen LogP contribution is 2.37. The number of aryl methyl sites for hydroxylation is 2. The van der Waals surface area contributed by atoms with Crippen LogP contribution < -0.4 is 4.90 Å². The summed E-state index contributed by atoms with van der Waals surface area (Å²) in [6.45, 7) is 3.87. The van der Waals surface area contributed by atoms with Crippen molar-refractivity contribution in [3.8, 4) is 0 Å². The number of hydrogen-bond donors (Lipinski definition) is 0. The van der Waals surface area contributed by atoms with Gasteiger partial charge in [-0.05, 0) is 43.2 Å². The zero-order valence-electron chi connectivity index (χ0n) is 15.5. The first-order valence-corrected chi connectivity index (χ1v) is 11.6. The second kappa shape index (κ2) is 6.84. The lowest BCUT2D eigenvalue weighted by molar-refractivity contribution is 0.205. The Balaban J connectivity index is 1.75. The van der Waals surface area contributed by atoms with Gasteiger partial charge in [0.15, 0.2) is 9.84 Å². The van der Waals surface area contributed by atoms with E-state index in [1.807, 2.05) is 32.0 Å². The standard InChI is InChI=1S/C20H20BrFN2O3S/c1-12-3-4-13(2)17(7-12)24-19-11-28(26,27)10-18(19)23(20(24)25)9-14-5-6-15(21)8-16(14)22/h3-8,18-19H,9-11H2,1-2H3/t18-,19+/m0/s1. The zero-order chi connectivity index (χ0) is 20.2. The Morgan fingerprint density at radius 1 is 1.11 bits per heavy atom. The monoisotopic (exact) mass is 466 g/mol. The average Bonchev–Trinajstić information content (AvgIpc) is 3.03. The Hall–Kier alpha value is -1.93. The number of carbonyl (C=O) groups is 1. The molecule has 148 valence electrons. The minimum absolute atomic E-state index is 0.0377. The van der Waals surface area contributed by atoms with Crippen molar-refractivity contribution in [3.63, 3.8) is 0 Å². The summed E-state index contributed by atoms with van der Waals surface area (Å²) in [6.07, 6.45) is 0. The van der Waals surface area contributed by atoms with Gasteiger partial charge in [0.2, 0.25) is 0 Å². The van der Waals surface area contributed by atoms with Gasteiger partial charge >= 0.3 is 6.03 Å². The van der Waals surface area contributed by atoms with Crippen molar-refractivity contribution in [3.05, 3.63) is 63.4 Å². The number of hydrogen-bond acceptors (Lipinski definition) is 3. The van der Waals surface area contributed by atoms with Crippen molar-refractivity contribution in [2.75, 3.05) is 16.4 Å². The van der Waals surface area contributed by atoms with Crippen molar-refractivity contribution in [1.29, 1.82) is 0 Å². The molecular weight excluding hydrogens is 447 g/mol. The number of rotatable bonds is 3. The van der Waals surface area contributed by atoms with Gasteiger partial charge in [-0.15, -0.1) is 0 Å². The number of amides is 2. The number of anilines is 1. The van der Waals surface area contributed by atoms with Crippen molar-refractivity contribution in [1.82, 2.24) is 4.90 Å². The highest BCUT2D eigenvalue weighted by atomic mass is 79.9. The van der Waals surface area contributed by atoms with Crippen LogP contribution in [0.25, 0.3) is 0 Å². The van der Waals surface area contributed by atoms with E-state index in [0.29, 0.717) is 10.0 Å². The number of urea groups is 1. The predicted molar refractivity (Wildman–Crippen MR) is 110 cm³/mol. The zero-order valence-corrected chi connectivity index (χ0v) is 17.9. The molecule has 0 unspecified atom stereocenters. The average molecular weight is 467 g/mol. The molecule has 2 aromatic rings. The minimum atomic E-state index is -3.27. The van der Waals surface area contributed by atoms with Gasteiger partial charge in [0, 0.05) is 15.7 Å². The SMILES string of the molecule is Cc1ccc(C)c(N2C(=O)N(Cc3ccc(Br)cc3F)[C@H]3CS(=O)(=O)C[C@H]32)c1. The van der Waals surface area contributed by atoms with Crippen molar-refractivity contribution >= 4 is 37.5 Å². The van der Waals surface area contributed by atoms with E-state index in [4.69, 9.17) is 0 Å². The molecule has 0 aliphatic carbocycles. The van der Waals surface area contributed by atoms with Gasteiger partial charge < -0.3 is 4.90 Å². The fourth-order valence-electron chi connectivity index (χ4n) is 4.06. The van der Waals surface area contributed by atoms with Crippen LogP contribution in [0.1, 0.15) is 16.7 Å². The third kappa shape index (κ3) is 3.33. The molecule has 8 heteroatoms. The summed E-state index contributed by atoms with van der Waals surface area (Å²) >= 11 is 3.23. The number of halogens is 2. The van der Waals surface area contributed by atoms with E-state index in [2.05, 4.69) is 15.9 Å². The maximum Gasteiger partial charge on any atom is 0.325 e. The Morgan fingerprint density at radius 3 is 2.54 bits per heavy atom. The van der Waals surface area contributed by atoms with Gasteiger partial charge in [-0.1, -0.05) is 34.1 Å². The first kappa shape index (κ1) is 19.4. The lowest BCUT2D eigenvalue weighted by atomic mass is 10.1. The normalized spacial score (nSPS) is 23.4. The summed E-state index contributed by atoms with van der Waals surface area (Å²) < 4.78 is 39.7. The van der Waals surface area contributed by atoms with Crippen LogP contribution in [0.3, 0.4) is 0 Å². The third-order valence-electron chi connectivity index (χ3n) is 5.46. The molecule has 0 spiro atoms. The third-order valence-corrected chi connectivity index (χ3v) is 7.65. The van der Waals surface area contributed by atoms with Gasteiger partial charge in [0.05, 0.1) is 30.1 Å². The van der Waals surface area contributed by atoms with Crippen molar-refractivity contribution < 1.29 is 17.6 Å². The molecule has 0 radical (unpaired) electrons. The van der Waals surface area contributed by atoms with Gasteiger partial charge in [-0.3, -0.25) is 4.90 Å². The van der Waals surface area contributed by atoms with Crippen LogP contribution in [0, 0.1) is 19.7 Å². The van der Waals surface area contributed by atoms with Crippen molar-refractivity contribution in [2.24, 2.45) is 0 Å². The van der Waals surface area contributed by atoms with Gasteiger partial charge in [0.25, 0.3) is 0 Å². The van der Waals surface area contributed by atoms with Crippen LogP contribution in [0.5, 0.6) is 0 Å². The van der Waals surface area contributed by atoms with Crippen LogP contribution >= 0.6 is 15.9 Å². The number of fused-ring (bicyclic) bond motifs is 1. The number of nitrogens with zero attached hydrogens (tertiary/aromatic N) is 2. The van der Waals surface area contributed by atoms with E-state index in [1.54, 1.807) is 17.0 Å². The molecular formula is C20H20BrFN2O3S. The molecule has 0 aromatic heterocycles. The molecule has 2 fully saturated rings. The molecule has 28 heavy (non-hydrogen) atoms. The number of benzene rings is 2. The van der Waals surface area contributed by atoms with Crippen LogP contribution in [0.4, 0.5) is 14.9 Å². The highest BCUT2D eigenvalue weighted by Gasteiger charge is 2.54. The first-order chi connectivity index (χ1) is 13.2. The van der Waals surface area contributed by atoms with E-state index >= 15 is 0 Å². The molecule has 2 saturated heterocycles. The quantitative estimate of drug-likeness (QED) is 0.646. The molecule has 4 rings (SSSR count). The Morgan fingerprint density at radius 2 is 1.82 bits per heavy atom. The van der Waals surface area contributed by atoms with E-state index in [1.165, 1.54) is 11.0 Å². The number of sulfone groups is 1. The fraction of sp³-hybridized carbons (Fsp3) is 0.350. The van der Waals surface area contributed by atoms with Crippen molar-refractivity contribution in [2.45, 2.75) is 32.5 Å². The van der Waals surface area contributed by atoms with Crippen LogP contribution in [-0.2, 0) is 16.4 Å². The molecule has 0 N–H and O–H groups in total. The van der Waals surface area contributed by atoms with Crippen LogP contribution in [-0.4, -0.2) is 42.9 Å². The smallest absolute Gasteiger partial charge is 0.314 e. The second-order valence-electron chi connectivity index (χ2n) is 7.52. The topological polar surface area (TPSA) is 57.7 Å². The summed E-state index contributed by atoms with van der Waals surface area (Å²) in [5.41, 5.74) is 2.97. The first-order valence-electron chi connectivity index (χ1n) is 8.98. The molecule has 2 aromatic carbocycles. The van der Waals surface area contributed by atoms with Gasteiger partial charge in [-0.25, -0.2) is 17.6 Å². The van der Waals surface area contributed by atoms with Gasteiger partial charge in [0.1, 0.15) is 5.82 Å². The predicted octanol–water partition coefficient (Wildman–Crippen LogP) is 3.81. The second-order valence-corrected chi connectivity index (χ2v) is 10.6. The Labute approximate surface area is 172 Å². The summed E-state index contributed by atoms with van der Waals surface area (Å²) in [5.74, 6) is -0.594. The molecule has 2 atom stereocenters. The molecule has 2 heterocycles. The minimum Gasteiger partial charge on any atom is -0.314 e. The summed E-state index contributed by atoms with van der Waals surface area (Å²) in [6, 6.07) is 9.24. The number of carbonyl (C=O) groups excluding carboxylic acids is 1. The lowest BCUT2D eigenvalue weighted by Crippen LogP contribution is -2.38. The molecule has 0 saturated carbocycles. The maximum atomic E-state index is 14.4. The molecule has 2 aliphatic heterocycles. The van der Waals surface area contributed by atoms with E-state index in [-0.39, 0.29) is 24.1 Å². The summed E-state index contributed by atoms with van der Waals surface area (Å²) in [5, 5.41) is 0. The molecule has 2 aliphatic rings. The molecule has 0 bridgehead atoms. The Kier molecular flexibility index (Phi) is 4.74. The lowest BCUT2D eigenvalue weighted by Gasteiger charge is -2.24. The van der Waals surface area contributed by atoms with Gasteiger partial charge in [-0.2, -0.15) is 0 Å². The Bertz CT molecular complexity index is 1070. The van der Waals surface area contributed by atoms with E-state index in [0.717, 1.165) is 16.8 Å². The fourth-order valence-corrected chi connectivity index (χ4v) is 6.34. The van der Waals surface area contributed by atoms with Crippen LogP contribution in [0.2, 0.25) is 0 Å².